The van der Waals surface area contributed by atoms with E-state index in [1.165, 1.54) is 12.1 Å². The quantitative estimate of drug-likeness (QED) is 0.504. The number of primary amides is 1. The van der Waals surface area contributed by atoms with E-state index in [-0.39, 0.29) is 24.7 Å². The molecule has 1 aromatic carbocycles. The highest BCUT2D eigenvalue weighted by Gasteiger charge is 2.12. The van der Waals surface area contributed by atoms with Crippen LogP contribution in [0.2, 0.25) is 0 Å². The van der Waals surface area contributed by atoms with Crippen LogP contribution in [0.3, 0.4) is 0 Å². The normalized spacial score (nSPS) is 11.6. The summed E-state index contributed by atoms with van der Waals surface area (Å²) in [6.45, 7) is -0.624. The molecule has 0 bridgehead atoms. The third-order valence-corrected chi connectivity index (χ3v) is 2.05. The van der Waals surface area contributed by atoms with Gasteiger partial charge in [0.15, 0.2) is 18.1 Å². The Balaban J connectivity index is 2.34. The summed E-state index contributed by atoms with van der Waals surface area (Å²) in [5, 5.41) is 20.6. The van der Waals surface area contributed by atoms with E-state index in [9.17, 15) is 14.7 Å². The molecule has 0 aliphatic carbocycles. The maximum absolute atomic E-state index is 11.3. The Morgan fingerprint density at radius 1 is 1.39 bits per heavy atom. The van der Waals surface area contributed by atoms with Gasteiger partial charge >= 0.3 is 0 Å². The van der Waals surface area contributed by atoms with Crippen LogP contribution in [-0.2, 0) is 9.59 Å². The van der Waals surface area contributed by atoms with Gasteiger partial charge in [-0.15, -0.1) is 0 Å². The van der Waals surface area contributed by atoms with E-state index in [0.29, 0.717) is 0 Å². The fourth-order valence-corrected chi connectivity index (χ4v) is 1.08. The molecule has 0 aliphatic rings. The average molecular weight is 254 g/mol. The van der Waals surface area contributed by atoms with E-state index in [1.54, 1.807) is 12.1 Å². The highest BCUT2D eigenvalue weighted by Crippen LogP contribution is 2.23. The molecule has 0 aromatic heterocycles. The molecular formula is C11H14N2O5. The number of aliphatic hydroxyl groups excluding tert-OH is 1. The van der Waals surface area contributed by atoms with Crippen LogP contribution in [0.15, 0.2) is 24.3 Å². The van der Waals surface area contributed by atoms with Crippen LogP contribution >= 0.6 is 0 Å². The lowest BCUT2D eigenvalue weighted by atomic mass is 10.3. The van der Waals surface area contributed by atoms with Crippen molar-refractivity contribution in [3.05, 3.63) is 24.3 Å². The van der Waals surface area contributed by atoms with Crippen molar-refractivity contribution in [2.45, 2.75) is 6.10 Å². The number of hydrogen-bond acceptors (Lipinski definition) is 5. The van der Waals surface area contributed by atoms with Crippen LogP contribution in [0.4, 0.5) is 0 Å². The van der Waals surface area contributed by atoms with Crippen LogP contribution in [0.5, 0.6) is 11.5 Å². The number of para-hydroxylation sites is 2. The summed E-state index contributed by atoms with van der Waals surface area (Å²) >= 11 is 0. The molecule has 0 spiro atoms. The van der Waals surface area contributed by atoms with Crippen LogP contribution in [-0.4, -0.2) is 41.3 Å². The predicted molar refractivity (Wildman–Crippen MR) is 61.8 cm³/mol. The number of phenols is 1. The molecule has 98 valence electrons. The van der Waals surface area contributed by atoms with E-state index in [0.717, 1.165) is 0 Å². The number of hydrogen-bond donors (Lipinski definition) is 4. The van der Waals surface area contributed by atoms with E-state index in [1.807, 2.05) is 0 Å². The second-order valence-corrected chi connectivity index (χ2v) is 3.48. The Hall–Kier alpha value is -2.28. The van der Waals surface area contributed by atoms with Crippen molar-refractivity contribution >= 4 is 11.8 Å². The number of benzene rings is 1. The smallest absolute Gasteiger partial charge is 0.258 e. The summed E-state index contributed by atoms with van der Waals surface area (Å²) in [7, 11) is 0. The minimum atomic E-state index is -1.43. The van der Waals surface area contributed by atoms with Crippen LogP contribution in [0.1, 0.15) is 0 Å². The number of nitrogens with two attached hydrogens (primary N) is 1. The van der Waals surface area contributed by atoms with Crippen molar-refractivity contribution in [1.29, 1.82) is 0 Å². The molecule has 0 fully saturated rings. The number of amides is 2. The first-order valence-corrected chi connectivity index (χ1v) is 5.15. The van der Waals surface area contributed by atoms with Crippen molar-refractivity contribution < 1.29 is 24.5 Å². The van der Waals surface area contributed by atoms with Gasteiger partial charge in [-0.05, 0) is 12.1 Å². The Labute approximate surface area is 103 Å². The number of phenolic OH excluding ortho intramolecular Hbond substituents is 1. The summed E-state index contributed by atoms with van der Waals surface area (Å²) in [5.74, 6) is -1.37. The van der Waals surface area contributed by atoms with Gasteiger partial charge in [0.1, 0.15) is 6.10 Å². The van der Waals surface area contributed by atoms with Crippen molar-refractivity contribution in [2.75, 3.05) is 13.2 Å². The molecule has 5 N–H and O–H groups in total. The summed E-state index contributed by atoms with van der Waals surface area (Å²) in [6, 6.07) is 6.18. The topological polar surface area (TPSA) is 122 Å². The zero-order chi connectivity index (χ0) is 13.5. The van der Waals surface area contributed by atoms with Gasteiger partial charge in [0.05, 0.1) is 6.54 Å². The molecule has 1 aromatic rings. The average Bonchev–Trinajstić information content (AvgIpc) is 2.34. The number of nitrogens with one attached hydrogen (secondary N) is 1. The summed E-state index contributed by atoms with van der Waals surface area (Å²) in [4.78, 5) is 21.8. The van der Waals surface area contributed by atoms with Crippen LogP contribution in [0.25, 0.3) is 0 Å². The van der Waals surface area contributed by atoms with Gasteiger partial charge in [0.25, 0.3) is 5.91 Å². The van der Waals surface area contributed by atoms with E-state index >= 15 is 0 Å². The third-order valence-electron chi connectivity index (χ3n) is 2.05. The Morgan fingerprint density at radius 2 is 2.06 bits per heavy atom. The van der Waals surface area contributed by atoms with Gasteiger partial charge < -0.3 is 26.0 Å². The molecule has 1 atom stereocenters. The van der Waals surface area contributed by atoms with E-state index in [4.69, 9.17) is 15.6 Å². The van der Waals surface area contributed by atoms with Crippen molar-refractivity contribution in [2.24, 2.45) is 5.73 Å². The highest BCUT2D eigenvalue weighted by atomic mass is 16.5. The van der Waals surface area contributed by atoms with Crippen molar-refractivity contribution in [3.8, 4) is 11.5 Å². The van der Waals surface area contributed by atoms with E-state index < -0.39 is 17.9 Å². The molecule has 1 rings (SSSR count). The lowest BCUT2D eigenvalue weighted by molar-refractivity contribution is -0.127. The molecule has 0 saturated heterocycles. The minimum Gasteiger partial charge on any atom is -0.504 e. The lowest BCUT2D eigenvalue weighted by Crippen LogP contribution is -2.41. The highest BCUT2D eigenvalue weighted by molar-refractivity contribution is 5.81. The number of carbonyl (C=O) groups excluding carboxylic acids is 2. The fourth-order valence-electron chi connectivity index (χ4n) is 1.08. The van der Waals surface area contributed by atoms with Crippen LogP contribution in [0, 0.1) is 0 Å². The molecule has 7 heteroatoms. The number of aliphatic hydroxyl groups is 1. The zero-order valence-electron chi connectivity index (χ0n) is 9.50. The first-order chi connectivity index (χ1) is 8.50. The number of aromatic hydroxyl groups is 1. The number of ether oxygens (including phenoxy) is 1. The van der Waals surface area contributed by atoms with E-state index in [2.05, 4.69) is 5.32 Å². The number of carbonyl (C=O) groups is 2. The zero-order valence-corrected chi connectivity index (χ0v) is 9.50. The minimum absolute atomic E-state index is 0.0810. The Bertz CT molecular complexity index is 435. The standard InChI is InChI=1S/C11H14N2O5/c12-11(17)8(15)5-13-10(16)6-18-9-4-2-1-3-7(9)14/h1-4,8,14-15H,5-6H2,(H2,12,17)(H,13,16). The summed E-state index contributed by atoms with van der Waals surface area (Å²) < 4.78 is 5.03. The predicted octanol–water partition coefficient (Wildman–Crippen LogP) is -1.27. The molecule has 0 aliphatic heterocycles. The molecule has 2 amide bonds. The molecule has 18 heavy (non-hydrogen) atoms. The van der Waals surface area contributed by atoms with Gasteiger partial charge in [-0.3, -0.25) is 9.59 Å². The second-order valence-electron chi connectivity index (χ2n) is 3.48. The molecule has 7 nitrogen and oxygen atoms in total. The molecule has 0 radical (unpaired) electrons. The largest absolute Gasteiger partial charge is 0.504 e. The Kier molecular flexibility index (Phi) is 4.94. The molecule has 0 heterocycles. The SMILES string of the molecule is NC(=O)C(O)CNC(=O)COc1ccccc1O. The van der Waals surface area contributed by atoms with Gasteiger partial charge in [0.2, 0.25) is 5.91 Å². The van der Waals surface area contributed by atoms with Crippen LogP contribution < -0.4 is 15.8 Å². The summed E-state index contributed by atoms with van der Waals surface area (Å²) in [6.07, 6.45) is -1.43. The first kappa shape index (κ1) is 13.8. The van der Waals surface area contributed by atoms with Gasteiger partial charge in [-0.1, -0.05) is 12.1 Å². The fraction of sp³-hybridized carbons (Fsp3) is 0.273. The molecular weight excluding hydrogens is 240 g/mol. The summed E-state index contributed by atoms with van der Waals surface area (Å²) in [5.41, 5.74) is 4.80. The van der Waals surface area contributed by atoms with Gasteiger partial charge in [-0.2, -0.15) is 0 Å². The number of rotatable bonds is 6. The lowest BCUT2D eigenvalue weighted by Gasteiger charge is -2.10. The second kappa shape index (κ2) is 6.45. The first-order valence-electron chi connectivity index (χ1n) is 5.15. The maximum Gasteiger partial charge on any atom is 0.258 e. The van der Waals surface area contributed by atoms with Crippen molar-refractivity contribution in [3.63, 3.8) is 0 Å². The molecule has 1 unspecified atom stereocenters. The third kappa shape index (κ3) is 4.30. The molecule has 0 saturated carbocycles. The van der Waals surface area contributed by atoms with Gasteiger partial charge in [-0.25, -0.2) is 0 Å². The van der Waals surface area contributed by atoms with Crippen molar-refractivity contribution in [1.82, 2.24) is 5.32 Å². The van der Waals surface area contributed by atoms with Gasteiger partial charge in [0, 0.05) is 0 Å². The monoisotopic (exact) mass is 254 g/mol. The maximum atomic E-state index is 11.3. The Morgan fingerprint density at radius 3 is 2.67 bits per heavy atom.